The van der Waals surface area contributed by atoms with E-state index in [1.165, 1.54) is 21.9 Å². The molecule has 2 aromatic carbocycles. The van der Waals surface area contributed by atoms with Crippen LogP contribution >= 0.6 is 0 Å². The Balaban J connectivity index is 0.000000414. The van der Waals surface area contributed by atoms with E-state index in [2.05, 4.69) is 63.7 Å². The zero-order valence-electron chi connectivity index (χ0n) is 21.0. The van der Waals surface area contributed by atoms with Crippen molar-refractivity contribution in [2.75, 3.05) is 38.1 Å². The minimum Gasteiger partial charge on any atom is -0.490 e. The molecule has 0 aliphatic carbocycles. The van der Waals surface area contributed by atoms with Gasteiger partial charge >= 0.3 is 11.9 Å². The van der Waals surface area contributed by atoms with Crippen molar-refractivity contribution in [1.82, 2.24) is 9.88 Å². The van der Waals surface area contributed by atoms with Crippen molar-refractivity contribution in [3.8, 4) is 5.75 Å². The van der Waals surface area contributed by atoms with Gasteiger partial charge in [0, 0.05) is 44.5 Å². The third kappa shape index (κ3) is 8.77. The minimum absolute atomic E-state index is 0.558. The zero-order chi connectivity index (χ0) is 26.5. The van der Waals surface area contributed by atoms with Gasteiger partial charge in [-0.25, -0.2) is 14.6 Å². The van der Waals surface area contributed by atoms with Crippen molar-refractivity contribution in [3.63, 3.8) is 0 Å². The molecule has 0 bridgehead atoms. The second-order valence-corrected chi connectivity index (χ2v) is 8.38. The van der Waals surface area contributed by atoms with E-state index in [-0.39, 0.29) is 0 Å². The molecule has 2 heterocycles. The molecule has 0 unspecified atom stereocenters. The van der Waals surface area contributed by atoms with Crippen LogP contribution in [0.1, 0.15) is 25.3 Å². The number of nitrogens with one attached hydrogen (secondary N) is 1. The lowest BCUT2D eigenvalue weighted by Crippen LogP contribution is -2.30. The topological polar surface area (TPSA) is 112 Å². The van der Waals surface area contributed by atoms with Gasteiger partial charge < -0.3 is 20.3 Å². The summed E-state index contributed by atoms with van der Waals surface area (Å²) < 4.78 is 5.63. The summed E-state index contributed by atoms with van der Waals surface area (Å²) in [6.45, 7) is 6.76. The van der Waals surface area contributed by atoms with Crippen molar-refractivity contribution in [3.05, 3.63) is 84.6 Å². The van der Waals surface area contributed by atoms with E-state index in [0.29, 0.717) is 18.8 Å². The first-order chi connectivity index (χ1) is 18.0. The lowest BCUT2D eigenvalue weighted by Gasteiger charge is -2.27. The molecule has 1 aliphatic heterocycles. The molecule has 8 nitrogen and oxygen atoms in total. The van der Waals surface area contributed by atoms with Crippen molar-refractivity contribution < 1.29 is 24.5 Å². The summed E-state index contributed by atoms with van der Waals surface area (Å²) in [4.78, 5) is 26.0. The number of rotatable bonds is 10. The predicted octanol–water partition coefficient (Wildman–Crippen LogP) is 4.94. The summed E-state index contributed by atoms with van der Waals surface area (Å²) in [6.07, 6.45) is 7.51. The van der Waals surface area contributed by atoms with Crippen molar-refractivity contribution >= 4 is 34.1 Å². The third-order valence-electron chi connectivity index (χ3n) is 5.81. The number of fused-ring (bicyclic) bond motifs is 1. The molecule has 8 heteroatoms. The third-order valence-corrected chi connectivity index (χ3v) is 5.81. The molecule has 0 amide bonds. The van der Waals surface area contributed by atoms with E-state index < -0.39 is 11.9 Å². The first-order valence-corrected chi connectivity index (χ1v) is 12.3. The minimum atomic E-state index is -1.26. The van der Waals surface area contributed by atoms with E-state index in [1.54, 1.807) is 6.20 Å². The Morgan fingerprint density at radius 1 is 1.05 bits per heavy atom. The number of hydrogen-bond donors (Lipinski definition) is 3. The SMILES string of the molecule is CCOc1cccnc1NCCCN1CC=C(c2cccc3ccccc23)CC1.O=C(O)C=CC(=O)O. The highest BCUT2D eigenvalue weighted by Crippen LogP contribution is 2.29. The van der Waals surface area contributed by atoms with Gasteiger partial charge in [-0.3, -0.25) is 4.90 Å². The number of carbonyl (C=O) groups is 2. The molecule has 0 fully saturated rings. The Hall–Kier alpha value is -4.17. The Morgan fingerprint density at radius 2 is 1.81 bits per heavy atom. The van der Waals surface area contributed by atoms with Gasteiger partial charge in [0.05, 0.1) is 6.61 Å². The molecule has 0 radical (unpaired) electrons. The van der Waals surface area contributed by atoms with Gasteiger partial charge in [-0.15, -0.1) is 0 Å². The molecular weight excluding hydrogens is 470 g/mol. The fraction of sp³-hybridized carbons (Fsp3) is 0.276. The normalized spacial score (nSPS) is 13.5. The molecule has 1 aromatic heterocycles. The smallest absolute Gasteiger partial charge is 0.328 e. The van der Waals surface area contributed by atoms with Gasteiger partial charge in [-0.2, -0.15) is 0 Å². The largest absolute Gasteiger partial charge is 0.490 e. The van der Waals surface area contributed by atoms with Crippen LogP contribution in [0.25, 0.3) is 16.3 Å². The molecule has 3 N–H and O–H groups in total. The quantitative estimate of drug-likeness (QED) is 0.264. The number of pyridine rings is 1. The molecule has 1 aliphatic rings. The highest BCUT2D eigenvalue weighted by Gasteiger charge is 2.14. The average Bonchev–Trinajstić information content (AvgIpc) is 2.91. The second-order valence-electron chi connectivity index (χ2n) is 8.38. The van der Waals surface area contributed by atoms with E-state index in [0.717, 1.165) is 50.6 Å². The fourth-order valence-corrected chi connectivity index (χ4v) is 4.11. The van der Waals surface area contributed by atoms with Crippen LogP contribution in [0, 0.1) is 0 Å². The summed E-state index contributed by atoms with van der Waals surface area (Å²) in [5.41, 5.74) is 2.87. The Labute approximate surface area is 216 Å². The lowest BCUT2D eigenvalue weighted by atomic mass is 9.94. The van der Waals surface area contributed by atoms with Gasteiger partial charge in [0.2, 0.25) is 0 Å². The van der Waals surface area contributed by atoms with E-state index in [1.807, 2.05) is 19.1 Å². The number of benzene rings is 2. The van der Waals surface area contributed by atoms with Crippen molar-refractivity contribution in [1.29, 1.82) is 0 Å². The number of carboxylic acids is 2. The molecule has 0 saturated heterocycles. The molecule has 0 spiro atoms. The van der Waals surface area contributed by atoms with Crippen molar-refractivity contribution in [2.24, 2.45) is 0 Å². The first kappa shape index (κ1) is 27.4. The second kappa shape index (κ2) is 14.4. The van der Waals surface area contributed by atoms with Gasteiger partial charge in [0.15, 0.2) is 11.6 Å². The molecule has 194 valence electrons. The van der Waals surface area contributed by atoms with Gasteiger partial charge in [0.1, 0.15) is 0 Å². The van der Waals surface area contributed by atoms with Crippen LogP contribution < -0.4 is 10.1 Å². The van der Waals surface area contributed by atoms with Gasteiger partial charge in [0.25, 0.3) is 0 Å². The number of aliphatic carboxylic acids is 2. The number of anilines is 1. The maximum absolute atomic E-state index is 9.55. The Morgan fingerprint density at radius 3 is 2.51 bits per heavy atom. The summed E-state index contributed by atoms with van der Waals surface area (Å²) in [6, 6.07) is 19.2. The van der Waals surface area contributed by atoms with Gasteiger partial charge in [-0.05, 0) is 53.8 Å². The summed E-state index contributed by atoms with van der Waals surface area (Å²) in [7, 11) is 0. The van der Waals surface area contributed by atoms with Gasteiger partial charge in [-0.1, -0.05) is 48.5 Å². The fourth-order valence-electron chi connectivity index (χ4n) is 4.11. The van der Waals surface area contributed by atoms with Crippen LogP contribution in [-0.2, 0) is 9.59 Å². The molecular formula is C29H33N3O5. The summed E-state index contributed by atoms with van der Waals surface area (Å²) in [5.74, 6) is -0.846. The number of nitrogens with zero attached hydrogens (tertiary/aromatic N) is 2. The van der Waals surface area contributed by atoms with E-state index >= 15 is 0 Å². The average molecular weight is 504 g/mol. The monoisotopic (exact) mass is 503 g/mol. The highest BCUT2D eigenvalue weighted by molar-refractivity contribution is 5.94. The van der Waals surface area contributed by atoms with Crippen LogP contribution in [0.2, 0.25) is 0 Å². The summed E-state index contributed by atoms with van der Waals surface area (Å²) in [5, 5.41) is 21.7. The number of aromatic nitrogens is 1. The highest BCUT2D eigenvalue weighted by atomic mass is 16.5. The maximum Gasteiger partial charge on any atom is 0.328 e. The lowest BCUT2D eigenvalue weighted by molar-refractivity contribution is -0.134. The first-order valence-electron chi connectivity index (χ1n) is 12.3. The predicted molar refractivity (Wildman–Crippen MR) is 146 cm³/mol. The molecule has 37 heavy (non-hydrogen) atoms. The number of hydrogen-bond acceptors (Lipinski definition) is 6. The van der Waals surface area contributed by atoms with E-state index in [9.17, 15) is 9.59 Å². The van der Waals surface area contributed by atoms with Crippen LogP contribution in [-0.4, -0.2) is 64.8 Å². The standard InChI is InChI=1S/C25H29N3O.C4H4O4/c1-2-29-24-12-6-15-26-25(24)27-16-7-17-28-18-13-21(14-19-28)23-11-5-9-20-8-3-4-10-22(20)23;5-3(6)1-2-4(7)8/h3-6,8-13,15H,2,7,14,16-19H2,1H3,(H,26,27);1-2H,(H,5,6)(H,7,8). The molecule has 4 rings (SSSR count). The summed E-state index contributed by atoms with van der Waals surface area (Å²) >= 11 is 0. The maximum atomic E-state index is 9.55. The van der Waals surface area contributed by atoms with Crippen LogP contribution in [0.3, 0.4) is 0 Å². The Bertz CT molecular complexity index is 1230. The number of ether oxygens (including phenoxy) is 1. The zero-order valence-corrected chi connectivity index (χ0v) is 21.0. The van der Waals surface area contributed by atoms with E-state index in [4.69, 9.17) is 14.9 Å². The Kier molecular flexibility index (Phi) is 10.7. The van der Waals surface area contributed by atoms with Crippen LogP contribution in [0.4, 0.5) is 5.82 Å². The van der Waals surface area contributed by atoms with Crippen LogP contribution in [0.15, 0.2) is 79.0 Å². The molecule has 3 aromatic rings. The number of carboxylic acid groups (broad SMARTS) is 2. The molecule has 0 saturated carbocycles. The molecule has 0 atom stereocenters. The van der Waals surface area contributed by atoms with Crippen molar-refractivity contribution in [2.45, 2.75) is 19.8 Å². The van der Waals surface area contributed by atoms with Crippen LogP contribution in [0.5, 0.6) is 5.75 Å².